The van der Waals surface area contributed by atoms with E-state index in [0.29, 0.717) is 10.6 Å². The second-order valence-corrected chi connectivity index (χ2v) is 3.57. The van der Waals surface area contributed by atoms with E-state index in [2.05, 4.69) is 0 Å². The number of rotatable bonds is 2. The van der Waals surface area contributed by atoms with Crippen LogP contribution in [0.5, 0.6) is 0 Å². The highest BCUT2D eigenvalue weighted by Gasteiger charge is 2.10. The first kappa shape index (κ1) is 10.6. The zero-order valence-electron chi connectivity index (χ0n) is 7.53. The third-order valence-corrected chi connectivity index (χ3v) is 2.83. The van der Waals surface area contributed by atoms with Crippen LogP contribution in [0, 0.1) is 13.8 Å². The van der Waals surface area contributed by atoms with E-state index in [1.54, 1.807) is 6.07 Å². The molecule has 0 bridgehead atoms. The molecule has 0 saturated heterocycles. The molecule has 1 rings (SSSR count). The third kappa shape index (κ3) is 2.04. The first-order chi connectivity index (χ1) is 6.07. The quantitative estimate of drug-likeness (QED) is 0.548. The SMILES string of the molecule is Cc1ccc(C(=O)CCl)c(C)c1Cl. The lowest BCUT2D eigenvalue weighted by Crippen LogP contribution is -2.03. The van der Waals surface area contributed by atoms with Crippen LogP contribution in [0.15, 0.2) is 12.1 Å². The van der Waals surface area contributed by atoms with Gasteiger partial charge in [0.1, 0.15) is 0 Å². The highest BCUT2D eigenvalue weighted by Crippen LogP contribution is 2.23. The van der Waals surface area contributed by atoms with Gasteiger partial charge in [0.25, 0.3) is 0 Å². The number of hydrogen-bond acceptors (Lipinski definition) is 1. The van der Waals surface area contributed by atoms with Gasteiger partial charge in [0.15, 0.2) is 5.78 Å². The lowest BCUT2D eigenvalue weighted by Gasteiger charge is -2.06. The molecule has 13 heavy (non-hydrogen) atoms. The average Bonchev–Trinajstić information content (AvgIpc) is 2.13. The molecular formula is C10H10Cl2O. The smallest absolute Gasteiger partial charge is 0.177 e. The number of hydrogen-bond donors (Lipinski definition) is 0. The van der Waals surface area contributed by atoms with E-state index in [0.717, 1.165) is 11.1 Å². The minimum absolute atomic E-state index is 0.000228. The molecule has 1 aromatic rings. The molecule has 1 aromatic carbocycles. The van der Waals surface area contributed by atoms with Crippen LogP contribution in [-0.2, 0) is 0 Å². The minimum Gasteiger partial charge on any atom is -0.293 e. The molecule has 0 radical (unpaired) electrons. The van der Waals surface area contributed by atoms with Gasteiger partial charge >= 0.3 is 0 Å². The summed E-state index contributed by atoms with van der Waals surface area (Å²) in [6, 6.07) is 3.59. The number of halogens is 2. The molecule has 0 aliphatic rings. The maximum absolute atomic E-state index is 11.3. The topological polar surface area (TPSA) is 17.1 Å². The molecule has 0 spiro atoms. The Morgan fingerprint density at radius 2 is 2.00 bits per heavy atom. The van der Waals surface area contributed by atoms with Gasteiger partial charge < -0.3 is 0 Å². The van der Waals surface area contributed by atoms with Crippen molar-refractivity contribution in [3.8, 4) is 0 Å². The van der Waals surface area contributed by atoms with E-state index < -0.39 is 0 Å². The Morgan fingerprint density at radius 1 is 1.38 bits per heavy atom. The molecule has 0 heterocycles. The van der Waals surface area contributed by atoms with Crippen LogP contribution in [0.4, 0.5) is 0 Å². The second-order valence-electron chi connectivity index (χ2n) is 2.93. The van der Waals surface area contributed by atoms with Crippen molar-refractivity contribution in [2.45, 2.75) is 13.8 Å². The Labute approximate surface area is 87.7 Å². The number of Topliss-reactive ketones (excluding diaryl/α,β-unsaturated/α-hetero) is 1. The number of benzene rings is 1. The van der Waals surface area contributed by atoms with Crippen LogP contribution in [0.2, 0.25) is 5.02 Å². The monoisotopic (exact) mass is 216 g/mol. The molecule has 0 saturated carbocycles. The van der Waals surface area contributed by atoms with Gasteiger partial charge in [-0.3, -0.25) is 4.79 Å². The molecule has 0 unspecified atom stereocenters. The van der Waals surface area contributed by atoms with Crippen molar-refractivity contribution in [3.63, 3.8) is 0 Å². The predicted octanol–water partition coefficient (Wildman–Crippen LogP) is 3.38. The fourth-order valence-corrected chi connectivity index (χ4v) is 1.50. The molecule has 0 aliphatic heterocycles. The maximum atomic E-state index is 11.3. The highest BCUT2D eigenvalue weighted by molar-refractivity contribution is 6.34. The summed E-state index contributed by atoms with van der Waals surface area (Å²) < 4.78 is 0. The summed E-state index contributed by atoms with van der Waals surface area (Å²) in [7, 11) is 0. The van der Waals surface area contributed by atoms with Crippen molar-refractivity contribution in [3.05, 3.63) is 33.8 Å². The van der Waals surface area contributed by atoms with Crippen LogP contribution < -0.4 is 0 Å². The van der Waals surface area contributed by atoms with Gasteiger partial charge in [-0.25, -0.2) is 0 Å². The van der Waals surface area contributed by atoms with E-state index in [1.165, 1.54) is 0 Å². The molecule has 3 heteroatoms. The summed E-state index contributed by atoms with van der Waals surface area (Å²) in [5, 5.41) is 0.649. The van der Waals surface area contributed by atoms with E-state index in [4.69, 9.17) is 23.2 Å². The van der Waals surface area contributed by atoms with Crippen molar-refractivity contribution in [1.29, 1.82) is 0 Å². The lowest BCUT2D eigenvalue weighted by molar-refractivity contribution is 0.102. The molecule has 1 nitrogen and oxygen atoms in total. The van der Waals surface area contributed by atoms with Crippen LogP contribution >= 0.6 is 23.2 Å². The molecule has 70 valence electrons. The Kier molecular flexibility index (Phi) is 3.34. The predicted molar refractivity (Wildman–Crippen MR) is 56.0 cm³/mol. The molecule has 0 amide bonds. The fourth-order valence-electron chi connectivity index (χ4n) is 1.19. The average molecular weight is 217 g/mol. The summed E-state index contributed by atoms with van der Waals surface area (Å²) >= 11 is 11.4. The molecule has 0 aliphatic carbocycles. The summed E-state index contributed by atoms with van der Waals surface area (Å²) in [6.45, 7) is 3.74. The molecule has 0 fully saturated rings. The van der Waals surface area contributed by atoms with Crippen LogP contribution in [-0.4, -0.2) is 11.7 Å². The first-order valence-corrected chi connectivity index (χ1v) is 4.84. The second kappa shape index (κ2) is 4.12. The Balaban J connectivity index is 3.26. The zero-order valence-corrected chi connectivity index (χ0v) is 9.04. The van der Waals surface area contributed by atoms with Crippen LogP contribution in [0.3, 0.4) is 0 Å². The Morgan fingerprint density at radius 3 is 2.54 bits per heavy atom. The molecule has 0 N–H and O–H groups in total. The number of alkyl halides is 1. The van der Waals surface area contributed by atoms with Gasteiger partial charge in [-0.05, 0) is 25.0 Å². The number of ketones is 1. The Hall–Kier alpha value is -0.530. The molecule has 0 aromatic heterocycles. The van der Waals surface area contributed by atoms with Crippen LogP contribution in [0.25, 0.3) is 0 Å². The third-order valence-electron chi connectivity index (χ3n) is 2.00. The van der Waals surface area contributed by atoms with Crippen molar-refractivity contribution in [2.75, 3.05) is 5.88 Å². The minimum atomic E-state index is -0.0823. The summed E-state index contributed by atoms with van der Waals surface area (Å²) in [6.07, 6.45) is 0. The van der Waals surface area contributed by atoms with Crippen molar-refractivity contribution >= 4 is 29.0 Å². The molecular weight excluding hydrogens is 207 g/mol. The normalized spacial score (nSPS) is 10.2. The Bertz CT molecular complexity index is 345. The summed E-state index contributed by atoms with van der Waals surface area (Å²) in [5.41, 5.74) is 2.41. The van der Waals surface area contributed by atoms with Gasteiger partial charge in [0.2, 0.25) is 0 Å². The van der Waals surface area contributed by atoms with Crippen molar-refractivity contribution in [1.82, 2.24) is 0 Å². The maximum Gasteiger partial charge on any atom is 0.177 e. The summed E-state index contributed by atoms with van der Waals surface area (Å²) in [4.78, 5) is 11.3. The van der Waals surface area contributed by atoms with Gasteiger partial charge in [-0.15, -0.1) is 11.6 Å². The highest BCUT2D eigenvalue weighted by atomic mass is 35.5. The van der Waals surface area contributed by atoms with E-state index >= 15 is 0 Å². The van der Waals surface area contributed by atoms with E-state index in [9.17, 15) is 4.79 Å². The van der Waals surface area contributed by atoms with Crippen LogP contribution in [0.1, 0.15) is 21.5 Å². The number of carbonyl (C=O) groups is 1. The van der Waals surface area contributed by atoms with Crippen molar-refractivity contribution in [2.24, 2.45) is 0 Å². The lowest BCUT2D eigenvalue weighted by atomic mass is 10.0. The van der Waals surface area contributed by atoms with E-state index in [-0.39, 0.29) is 11.7 Å². The van der Waals surface area contributed by atoms with Gasteiger partial charge in [0.05, 0.1) is 5.88 Å². The summed E-state index contributed by atoms with van der Waals surface area (Å²) in [5.74, 6) is -0.0821. The zero-order chi connectivity index (χ0) is 10.0. The van der Waals surface area contributed by atoms with E-state index in [1.807, 2.05) is 19.9 Å². The fraction of sp³-hybridized carbons (Fsp3) is 0.300. The number of aryl methyl sites for hydroxylation is 1. The number of carbonyl (C=O) groups excluding carboxylic acids is 1. The standard InChI is InChI=1S/C10H10Cl2O/c1-6-3-4-8(9(13)5-11)7(2)10(6)12/h3-4H,5H2,1-2H3. The first-order valence-electron chi connectivity index (χ1n) is 3.92. The largest absolute Gasteiger partial charge is 0.293 e. The van der Waals surface area contributed by atoms with Crippen molar-refractivity contribution < 1.29 is 4.79 Å². The van der Waals surface area contributed by atoms with Gasteiger partial charge in [-0.1, -0.05) is 23.7 Å². The van der Waals surface area contributed by atoms with Gasteiger partial charge in [0, 0.05) is 10.6 Å². The van der Waals surface area contributed by atoms with Gasteiger partial charge in [-0.2, -0.15) is 0 Å². The molecule has 0 atom stereocenters.